The van der Waals surface area contributed by atoms with Crippen molar-refractivity contribution >= 4 is 22.9 Å². The first-order valence-electron chi connectivity index (χ1n) is 7.80. The van der Waals surface area contributed by atoms with Crippen LogP contribution in [0, 0.1) is 5.92 Å². The third-order valence-electron chi connectivity index (χ3n) is 4.14. The lowest BCUT2D eigenvalue weighted by Crippen LogP contribution is -2.39. The third-order valence-corrected chi connectivity index (χ3v) is 4.14. The Labute approximate surface area is 133 Å². The Morgan fingerprint density at radius 1 is 1.17 bits per heavy atom. The molecule has 3 aromatic heterocycles. The molecule has 1 fully saturated rings. The Morgan fingerprint density at radius 2 is 2.09 bits per heavy atom. The van der Waals surface area contributed by atoms with E-state index >= 15 is 0 Å². The molecule has 2 N–H and O–H groups in total. The fraction of sp³-hybridized carbons (Fsp3) is 0.400. The van der Waals surface area contributed by atoms with Gasteiger partial charge in [-0.1, -0.05) is 0 Å². The minimum atomic E-state index is 0.528. The minimum Gasteiger partial charge on any atom is -0.368 e. The van der Waals surface area contributed by atoms with Crippen molar-refractivity contribution < 1.29 is 0 Å². The monoisotopic (exact) mass is 310 g/mol. The maximum Gasteiger partial charge on any atom is 0.225 e. The van der Waals surface area contributed by atoms with Crippen LogP contribution >= 0.6 is 0 Å². The summed E-state index contributed by atoms with van der Waals surface area (Å²) in [5.74, 6) is 2.15. The lowest BCUT2D eigenvalue weighted by molar-refractivity contribution is 0.427. The first-order chi connectivity index (χ1) is 11.4. The van der Waals surface area contributed by atoms with Gasteiger partial charge in [0.25, 0.3) is 0 Å². The SMILES string of the molecule is c1cnc(N2CCCC(CNc3ncnc4nc[nH]c34)C2)nc1. The molecule has 1 saturated heterocycles. The topological polar surface area (TPSA) is 95.5 Å². The summed E-state index contributed by atoms with van der Waals surface area (Å²) in [4.78, 5) is 26.6. The highest BCUT2D eigenvalue weighted by molar-refractivity contribution is 5.81. The van der Waals surface area contributed by atoms with E-state index in [1.807, 2.05) is 6.07 Å². The van der Waals surface area contributed by atoms with E-state index in [0.29, 0.717) is 11.6 Å². The number of fused-ring (bicyclic) bond motifs is 1. The molecule has 0 aliphatic carbocycles. The van der Waals surface area contributed by atoms with Gasteiger partial charge in [-0.15, -0.1) is 0 Å². The molecule has 118 valence electrons. The lowest BCUT2D eigenvalue weighted by atomic mass is 9.98. The predicted octanol–water partition coefficient (Wildman–Crippen LogP) is 1.47. The zero-order valence-electron chi connectivity index (χ0n) is 12.7. The van der Waals surface area contributed by atoms with Gasteiger partial charge in [-0.2, -0.15) is 0 Å². The van der Waals surface area contributed by atoms with Gasteiger partial charge in [0.05, 0.1) is 6.33 Å². The van der Waals surface area contributed by atoms with Gasteiger partial charge in [0.1, 0.15) is 11.8 Å². The molecule has 1 atom stereocenters. The summed E-state index contributed by atoms with van der Waals surface area (Å²) in [5, 5.41) is 3.43. The molecule has 4 heterocycles. The molecule has 4 rings (SSSR count). The fourth-order valence-corrected chi connectivity index (χ4v) is 3.01. The summed E-state index contributed by atoms with van der Waals surface area (Å²) < 4.78 is 0. The zero-order chi connectivity index (χ0) is 15.5. The van der Waals surface area contributed by atoms with Crippen molar-refractivity contribution in [2.75, 3.05) is 29.9 Å². The molecule has 0 spiro atoms. The molecule has 8 heteroatoms. The number of nitrogens with zero attached hydrogens (tertiary/aromatic N) is 6. The largest absolute Gasteiger partial charge is 0.368 e. The number of nitrogens with one attached hydrogen (secondary N) is 2. The van der Waals surface area contributed by atoms with Crippen molar-refractivity contribution in [3.63, 3.8) is 0 Å². The molecule has 0 amide bonds. The average Bonchev–Trinajstić information content (AvgIpc) is 3.10. The number of rotatable bonds is 4. The predicted molar refractivity (Wildman–Crippen MR) is 87.1 cm³/mol. The summed E-state index contributed by atoms with van der Waals surface area (Å²) in [6, 6.07) is 1.84. The molecule has 1 aliphatic rings. The van der Waals surface area contributed by atoms with Crippen LogP contribution in [0.1, 0.15) is 12.8 Å². The van der Waals surface area contributed by atoms with Gasteiger partial charge in [0.2, 0.25) is 5.95 Å². The lowest BCUT2D eigenvalue weighted by Gasteiger charge is -2.32. The second kappa shape index (κ2) is 6.15. The molecule has 1 aliphatic heterocycles. The Bertz CT molecular complexity index is 771. The molecule has 3 aromatic rings. The molecule has 0 bridgehead atoms. The number of piperidine rings is 1. The second-order valence-electron chi connectivity index (χ2n) is 5.71. The van der Waals surface area contributed by atoms with Crippen LogP contribution in [-0.4, -0.2) is 49.5 Å². The summed E-state index contributed by atoms with van der Waals surface area (Å²) in [6.07, 6.45) is 9.09. The highest BCUT2D eigenvalue weighted by atomic mass is 15.3. The first-order valence-corrected chi connectivity index (χ1v) is 7.80. The number of aromatic amines is 1. The Hall–Kier alpha value is -2.77. The molecule has 0 aromatic carbocycles. The molecule has 8 nitrogen and oxygen atoms in total. The van der Waals surface area contributed by atoms with Gasteiger partial charge < -0.3 is 15.2 Å². The molecule has 0 radical (unpaired) electrons. The van der Waals surface area contributed by atoms with Crippen LogP contribution in [0.2, 0.25) is 0 Å². The minimum absolute atomic E-state index is 0.528. The molecular formula is C15H18N8. The van der Waals surface area contributed by atoms with Crippen LogP contribution in [0.5, 0.6) is 0 Å². The number of aromatic nitrogens is 6. The molecular weight excluding hydrogens is 292 g/mol. The summed E-state index contributed by atoms with van der Waals surface area (Å²) in [5.41, 5.74) is 1.54. The number of hydrogen-bond acceptors (Lipinski definition) is 7. The normalized spacial score (nSPS) is 18.3. The van der Waals surface area contributed by atoms with Crippen LogP contribution in [-0.2, 0) is 0 Å². The van der Waals surface area contributed by atoms with Crippen molar-refractivity contribution in [2.24, 2.45) is 5.92 Å². The van der Waals surface area contributed by atoms with E-state index in [0.717, 1.165) is 43.3 Å². The molecule has 23 heavy (non-hydrogen) atoms. The Kier molecular flexibility index (Phi) is 3.71. The van der Waals surface area contributed by atoms with Crippen molar-refractivity contribution in [1.82, 2.24) is 29.9 Å². The van der Waals surface area contributed by atoms with Gasteiger partial charge in [-0.05, 0) is 24.8 Å². The van der Waals surface area contributed by atoms with Gasteiger partial charge in [0, 0.05) is 32.0 Å². The van der Waals surface area contributed by atoms with Crippen molar-refractivity contribution in [2.45, 2.75) is 12.8 Å². The van der Waals surface area contributed by atoms with E-state index in [-0.39, 0.29) is 0 Å². The van der Waals surface area contributed by atoms with Crippen LogP contribution < -0.4 is 10.2 Å². The number of hydrogen-bond donors (Lipinski definition) is 2. The van der Waals surface area contributed by atoms with Crippen LogP contribution in [0.3, 0.4) is 0 Å². The maximum atomic E-state index is 4.35. The van der Waals surface area contributed by atoms with Gasteiger partial charge in [-0.3, -0.25) is 0 Å². The van der Waals surface area contributed by atoms with Crippen LogP contribution in [0.4, 0.5) is 11.8 Å². The zero-order valence-corrected chi connectivity index (χ0v) is 12.7. The quantitative estimate of drug-likeness (QED) is 0.753. The fourth-order valence-electron chi connectivity index (χ4n) is 3.01. The first kappa shape index (κ1) is 13.9. The maximum absolute atomic E-state index is 4.35. The van der Waals surface area contributed by atoms with E-state index < -0.39 is 0 Å². The van der Waals surface area contributed by atoms with Gasteiger partial charge >= 0.3 is 0 Å². The highest BCUT2D eigenvalue weighted by Crippen LogP contribution is 2.21. The second-order valence-corrected chi connectivity index (χ2v) is 5.71. The standard InChI is InChI=1S/C15H18N8/c1-3-11(8-23(6-1)15-16-4-2-5-17-15)7-18-13-12-14(20-9-19-12)22-10-21-13/h2,4-5,9-11H,1,3,6-8H2,(H2,18,19,20,21,22). The average molecular weight is 310 g/mol. The van der Waals surface area contributed by atoms with E-state index in [1.54, 1.807) is 18.7 Å². The van der Waals surface area contributed by atoms with Crippen LogP contribution in [0.15, 0.2) is 31.1 Å². The van der Waals surface area contributed by atoms with Gasteiger partial charge in [0.15, 0.2) is 11.5 Å². The number of anilines is 2. The van der Waals surface area contributed by atoms with Crippen LogP contribution in [0.25, 0.3) is 11.2 Å². The van der Waals surface area contributed by atoms with Crippen molar-refractivity contribution in [3.8, 4) is 0 Å². The third kappa shape index (κ3) is 2.92. The molecule has 1 unspecified atom stereocenters. The Balaban J connectivity index is 1.42. The van der Waals surface area contributed by atoms with E-state index in [1.165, 1.54) is 12.7 Å². The van der Waals surface area contributed by atoms with E-state index in [9.17, 15) is 0 Å². The number of H-pyrrole nitrogens is 1. The summed E-state index contributed by atoms with van der Waals surface area (Å²) >= 11 is 0. The summed E-state index contributed by atoms with van der Waals surface area (Å²) in [6.45, 7) is 2.82. The highest BCUT2D eigenvalue weighted by Gasteiger charge is 2.21. The van der Waals surface area contributed by atoms with Gasteiger partial charge in [-0.25, -0.2) is 24.9 Å². The molecule has 0 saturated carbocycles. The van der Waals surface area contributed by atoms with Crippen molar-refractivity contribution in [1.29, 1.82) is 0 Å². The summed E-state index contributed by atoms with van der Waals surface area (Å²) in [7, 11) is 0. The Morgan fingerprint density at radius 3 is 3.00 bits per heavy atom. The van der Waals surface area contributed by atoms with E-state index in [4.69, 9.17) is 0 Å². The smallest absolute Gasteiger partial charge is 0.225 e. The van der Waals surface area contributed by atoms with Crippen molar-refractivity contribution in [3.05, 3.63) is 31.1 Å². The van der Waals surface area contributed by atoms with E-state index in [2.05, 4.69) is 40.1 Å². The number of imidazole rings is 1.